The lowest BCUT2D eigenvalue weighted by Gasteiger charge is -2.31. The van der Waals surface area contributed by atoms with Crippen molar-refractivity contribution in [2.45, 2.75) is 66.0 Å². The van der Waals surface area contributed by atoms with Crippen molar-refractivity contribution in [1.29, 1.82) is 0 Å². The number of ether oxygens (including phenoxy) is 2. The van der Waals surface area contributed by atoms with Crippen LogP contribution in [-0.2, 0) is 14.8 Å². The molecular weight excluding hydrogens is 452 g/mol. The van der Waals surface area contributed by atoms with Crippen molar-refractivity contribution in [1.82, 2.24) is 5.32 Å². The predicted octanol–water partition coefficient (Wildman–Crippen LogP) is 4.95. The Balaban J connectivity index is 2.37. The van der Waals surface area contributed by atoms with Crippen LogP contribution in [0.25, 0.3) is 0 Å². The molecule has 2 aromatic rings. The number of hydrogen-bond acceptors (Lipinski definition) is 5. The zero-order chi connectivity index (χ0) is 25.6. The van der Waals surface area contributed by atoms with Gasteiger partial charge < -0.3 is 14.8 Å². The minimum atomic E-state index is -3.72. The molecule has 0 heterocycles. The molecule has 7 nitrogen and oxygen atoms in total. The van der Waals surface area contributed by atoms with E-state index in [-0.39, 0.29) is 17.9 Å². The van der Waals surface area contributed by atoms with Crippen LogP contribution in [0.5, 0.6) is 11.5 Å². The normalized spacial score (nSPS) is 13.3. The molecule has 0 spiro atoms. The molecule has 8 heteroatoms. The Kier molecular flexibility index (Phi) is 9.38. The highest BCUT2D eigenvalue weighted by Crippen LogP contribution is 2.32. The zero-order valence-electron chi connectivity index (χ0n) is 21.5. The lowest BCUT2D eigenvalue weighted by molar-refractivity contribution is -0.122. The van der Waals surface area contributed by atoms with Gasteiger partial charge in [0, 0.05) is 0 Å². The van der Waals surface area contributed by atoms with E-state index in [2.05, 4.69) is 25.2 Å². The molecule has 0 aliphatic rings. The molecule has 34 heavy (non-hydrogen) atoms. The summed E-state index contributed by atoms with van der Waals surface area (Å²) in [4.78, 5) is 13.4. The first-order valence-electron chi connectivity index (χ1n) is 11.7. The van der Waals surface area contributed by atoms with Crippen LogP contribution in [0.1, 0.15) is 69.7 Å². The third-order valence-electron chi connectivity index (χ3n) is 5.80. The number of benzene rings is 2. The summed E-state index contributed by atoms with van der Waals surface area (Å²) in [7, 11) is -2.07. The lowest BCUT2D eigenvalue weighted by Crippen LogP contribution is -2.49. The van der Waals surface area contributed by atoms with E-state index in [0.717, 1.165) is 28.7 Å². The van der Waals surface area contributed by atoms with Gasteiger partial charge in [-0.3, -0.25) is 9.10 Å². The van der Waals surface area contributed by atoms with E-state index >= 15 is 0 Å². The van der Waals surface area contributed by atoms with Crippen molar-refractivity contribution in [3.63, 3.8) is 0 Å². The number of rotatable bonds is 11. The van der Waals surface area contributed by atoms with E-state index in [9.17, 15) is 13.2 Å². The Morgan fingerprint density at radius 1 is 1.06 bits per heavy atom. The molecule has 2 aromatic carbocycles. The summed E-state index contributed by atoms with van der Waals surface area (Å²) < 4.78 is 37.7. The number of nitrogens with zero attached hydrogens (tertiary/aromatic N) is 1. The molecule has 2 atom stereocenters. The highest BCUT2D eigenvalue weighted by molar-refractivity contribution is 7.92. The van der Waals surface area contributed by atoms with E-state index in [0.29, 0.717) is 24.5 Å². The summed E-state index contributed by atoms with van der Waals surface area (Å²) in [6.07, 6.45) is 1.43. The molecule has 0 bridgehead atoms. The number of hydrogen-bond donors (Lipinski definition) is 1. The Morgan fingerprint density at radius 3 is 2.15 bits per heavy atom. The average Bonchev–Trinajstić information content (AvgIpc) is 2.76. The quantitative estimate of drug-likeness (QED) is 0.482. The highest BCUT2D eigenvalue weighted by atomic mass is 32.2. The molecule has 0 saturated heterocycles. The molecule has 0 saturated carbocycles. The number of sulfonamides is 1. The van der Waals surface area contributed by atoms with Gasteiger partial charge in [-0.1, -0.05) is 20.8 Å². The van der Waals surface area contributed by atoms with Crippen LogP contribution < -0.4 is 19.1 Å². The van der Waals surface area contributed by atoms with Gasteiger partial charge in [-0.25, -0.2) is 8.42 Å². The first-order chi connectivity index (χ1) is 15.9. The molecular formula is C26H38N2O5S. The number of aryl methyl sites for hydroxylation is 1. The predicted molar refractivity (Wildman–Crippen MR) is 137 cm³/mol. The fourth-order valence-corrected chi connectivity index (χ4v) is 5.33. The summed E-state index contributed by atoms with van der Waals surface area (Å²) in [6.45, 7) is 12.3. The van der Waals surface area contributed by atoms with Gasteiger partial charge in [0.05, 0.1) is 31.7 Å². The lowest BCUT2D eigenvalue weighted by atomic mass is 9.93. The van der Waals surface area contributed by atoms with Crippen molar-refractivity contribution < 1.29 is 22.7 Å². The zero-order valence-corrected chi connectivity index (χ0v) is 22.3. The molecule has 0 aliphatic heterocycles. The van der Waals surface area contributed by atoms with Gasteiger partial charge in [-0.15, -0.1) is 0 Å². The largest absolute Gasteiger partial charge is 0.496 e. The fourth-order valence-electron chi connectivity index (χ4n) is 4.11. The van der Waals surface area contributed by atoms with E-state index in [1.807, 2.05) is 26.8 Å². The van der Waals surface area contributed by atoms with Gasteiger partial charge in [0.15, 0.2) is 0 Å². The van der Waals surface area contributed by atoms with Gasteiger partial charge in [-0.05, 0) is 86.2 Å². The van der Waals surface area contributed by atoms with Crippen LogP contribution in [-0.4, -0.2) is 40.3 Å². The second-order valence-corrected chi connectivity index (χ2v) is 10.6. The van der Waals surface area contributed by atoms with E-state index in [1.54, 1.807) is 38.3 Å². The maximum atomic E-state index is 13.4. The standard InChI is InChI=1S/C26H38N2O5S/c1-9-24(28(34(8,30)31)20-11-13-21(14-12-20)33-10-2)26(29)27-19(6)23-16-22(17(3)4)25(32-7)15-18(23)5/h11-17,19,24H,9-10H2,1-8H3,(H,27,29). The maximum absolute atomic E-state index is 13.4. The van der Waals surface area contributed by atoms with E-state index in [4.69, 9.17) is 9.47 Å². The van der Waals surface area contributed by atoms with Gasteiger partial charge in [0.25, 0.3) is 0 Å². The van der Waals surface area contributed by atoms with Gasteiger partial charge in [-0.2, -0.15) is 0 Å². The van der Waals surface area contributed by atoms with Gasteiger partial charge >= 0.3 is 0 Å². The minimum absolute atomic E-state index is 0.251. The number of carbonyl (C=O) groups excluding carboxylic acids is 1. The Labute approximate surface area is 204 Å². The maximum Gasteiger partial charge on any atom is 0.244 e. The molecule has 0 aliphatic carbocycles. The third-order valence-corrected chi connectivity index (χ3v) is 6.98. The van der Waals surface area contributed by atoms with Crippen LogP contribution in [0.2, 0.25) is 0 Å². The van der Waals surface area contributed by atoms with Crippen molar-refractivity contribution in [2.24, 2.45) is 0 Å². The topological polar surface area (TPSA) is 84.9 Å². The summed E-state index contributed by atoms with van der Waals surface area (Å²) in [6, 6.07) is 9.57. The molecule has 1 amide bonds. The van der Waals surface area contributed by atoms with Crippen molar-refractivity contribution in [2.75, 3.05) is 24.3 Å². The van der Waals surface area contributed by atoms with E-state index < -0.39 is 16.1 Å². The summed E-state index contributed by atoms with van der Waals surface area (Å²) >= 11 is 0. The molecule has 2 unspecified atom stereocenters. The summed E-state index contributed by atoms with van der Waals surface area (Å²) in [5, 5.41) is 3.04. The fraction of sp³-hybridized carbons (Fsp3) is 0.500. The molecule has 188 valence electrons. The van der Waals surface area contributed by atoms with Crippen LogP contribution in [0.4, 0.5) is 5.69 Å². The number of amides is 1. The number of carbonyl (C=O) groups is 1. The first-order valence-corrected chi connectivity index (χ1v) is 13.5. The van der Waals surface area contributed by atoms with Crippen molar-refractivity contribution in [3.05, 3.63) is 53.1 Å². The smallest absolute Gasteiger partial charge is 0.244 e. The second kappa shape index (κ2) is 11.6. The molecule has 1 N–H and O–H groups in total. The van der Waals surface area contributed by atoms with Crippen LogP contribution in [0.3, 0.4) is 0 Å². The number of anilines is 1. The number of nitrogens with one attached hydrogen (secondary N) is 1. The summed E-state index contributed by atoms with van der Waals surface area (Å²) in [5.41, 5.74) is 3.44. The highest BCUT2D eigenvalue weighted by Gasteiger charge is 2.32. The molecule has 0 aromatic heterocycles. The SMILES string of the molecule is CCOc1ccc(N(C(CC)C(=O)NC(C)c2cc(C(C)C)c(OC)cc2C)S(C)(=O)=O)cc1. The van der Waals surface area contributed by atoms with Gasteiger partial charge in [0.2, 0.25) is 15.9 Å². The molecule has 0 radical (unpaired) electrons. The van der Waals surface area contributed by atoms with Crippen LogP contribution in [0, 0.1) is 6.92 Å². The molecule has 0 fully saturated rings. The number of methoxy groups -OCH3 is 1. The molecule has 2 rings (SSSR count). The first kappa shape index (κ1) is 27.5. The second-order valence-electron chi connectivity index (χ2n) is 8.75. The Bertz CT molecular complexity index is 1080. The Morgan fingerprint density at radius 2 is 1.68 bits per heavy atom. The van der Waals surface area contributed by atoms with Gasteiger partial charge in [0.1, 0.15) is 17.5 Å². The van der Waals surface area contributed by atoms with Crippen molar-refractivity contribution in [3.8, 4) is 11.5 Å². The van der Waals surface area contributed by atoms with Crippen LogP contribution >= 0.6 is 0 Å². The Hall–Kier alpha value is -2.74. The average molecular weight is 491 g/mol. The van der Waals surface area contributed by atoms with E-state index in [1.165, 1.54) is 4.31 Å². The summed E-state index contributed by atoms with van der Waals surface area (Å²) in [5.74, 6) is 1.36. The third kappa shape index (κ3) is 6.44. The minimum Gasteiger partial charge on any atom is -0.496 e. The van der Waals surface area contributed by atoms with Crippen LogP contribution in [0.15, 0.2) is 36.4 Å². The monoisotopic (exact) mass is 490 g/mol. The van der Waals surface area contributed by atoms with Crippen molar-refractivity contribution >= 4 is 21.6 Å².